The molecule has 2 heterocycles. The highest BCUT2D eigenvalue weighted by Gasteiger charge is 2.18. The van der Waals surface area contributed by atoms with Gasteiger partial charge in [-0.25, -0.2) is 0 Å². The second kappa shape index (κ2) is 6.68. The number of hydrogen-bond acceptors (Lipinski definition) is 3. The van der Waals surface area contributed by atoms with E-state index >= 15 is 0 Å². The van der Waals surface area contributed by atoms with E-state index < -0.39 is 0 Å². The number of carbonyl (C=O) groups is 1. The predicted molar refractivity (Wildman–Crippen MR) is 79.0 cm³/mol. The smallest absolute Gasteiger partial charge is 0.222 e. The van der Waals surface area contributed by atoms with Crippen molar-refractivity contribution < 1.29 is 4.79 Å². The largest absolute Gasteiger partial charge is 0.345 e. The van der Waals surface area contributed by atoms with Gasteiger partial charge >= 0.3 is 0 Å². The number of aryl methyl sites for hydroxylation is 1. The molecular weight excluding hydrogens is 312 g/mol. The number of nitrogens with zero attached hydrogens (tertiary/aromatic N) is 1. The van der Waals surface area contributed by atoms with Crippen molar-refractivity contribution in [3.05, 3.63) is 20.8 Å². The number of carbonyl (C=O) groups excluding carboxylic acids is 1. The van der Waals surface area contributed by atoms with Crippen molar-refractivity contribution in [3.63, 3.8) is 0 Å². The topological polar surface area (TPSA) is 32.3 Å². The summed E-state index contributed by atoms with van der Waals surface area (Å²) in [7, 11) is 1.92. The minimum atomic E-state index is 0.256. The van der Waals surface area contributed by atoms with E-state index in [2.05, 4.69) is 27.3 Å². The molecule has 1 aliphatic heterocycles. The minimum absolute atomic E-state index is 0.256. The van der Waals surface area contributed by atoms with Crippen LogP contribution < -0.4 is 5.32 Å². The molecule has 1 fully saturated rings. The maximum absolute atomic E-state index is 12.0. The van der Waals surface area contributed by atoms with E-state index in [0.29, 0.717) is 12.3 Å². The van der Waals surface area contributed by atoms with Crippen LogP contribution in [0.4, 0.5) is 0 Å². The predicted octanol–water partition coefficient (Wildman–Crippen LogP) is 2.51. The number of halogens is 1. The van der Waals surface area contributed by atoms with E-state index in [-0.39, 0.29) is 5.91 Å². The van der Waals surface area contributed by atoms with Crippen molar-refractivity contribution in [3.8, 4) is 0 Å². The average molecular weight is 331 g/mol. The summed E-state index contributed by atoms with van der Waals surface area (Å²) in [5.74, 6) is 0.890. The lowest BCUT2D eigenvalue weighted by molar-refractivity contribution is -0.130. The number of amides is 1. The summed E-state index contributed by atoms with van der Waals surface area (Å²) < 4.78 is 1.13. The molecule has 0 radical (unpaired) electrons. The average Bonchev–Trinajstić information content (AvgIpc) is 2.97. The molecule has 18 heavy (non-hydrogen) atoms. The Morgan fingerprint density at radius 3 is 3.06 bits per heavy atom. The third kappa shape index (κ3) is 4.07. The van der Waals surface area contributed by atoms with E-state index in [1.54, 1.807) is 11.3 Å². The summed E-state index contributed by atoms with van der Waals surface area (Å²) in [6.07, 6.45) is 2.65. The quantitative estimate of drug-likeness (QED) is 0.899. The summed E-state index contributed by atoms with van der Waals surface area (Å²) in [6, 6.07) is 4.13. The Morgan fingerprint density at radius 2 is 2.44 bits per heavy atom. The maximum Gasteiger partial charge on any atom is 0.222 e. The number of hydrogen-bond donors (Lipinski definition) is 1. The first-order valence-electron chi connectivity index (χ1n) is 6.34. The van der Waals surface area contributed by atoms with Crippen molar-refractivity contribution in [2.75, 3.05) is 26.7 Å². The molecule has 2 rings (SSSR count). The zero-order chi connectivity index (χ0) is 13.0. The van der Waals surface area contributed by atoms with Gasteiger partial charge in [-0.3, -0.25) is 4.79 Å². The van der Waals surface area contributed by atoms with E-state index in [1.807, 2.05) is 18.0 Å². The monoisotopic (exact) mass is 330 g/mol. The van der Waals surface area contributed by atoms with Crippen LogP contribution in [0.1, 0.15) is 17.7 Å². The van der Waals surface area contributed by atoms with Crippen LogP contribution in [-0.2, 0) is 11.2 Å². The highest BCUT2D eigenvalue weighted by Crippen LogP contribution is 2.23. The lowest BCUT2D eigenvalue weighted by Crippen LogP contribution is -2.32. The SMILES string of the molecule is CN(CC1CCNC1)C(=O)CCc1ccc(Br)s1. The number of thiophene rings is 1. The molecule has 1 aromatic rings. The molecule has 0 aliphatic carbocycles. The summed E-state index contributed by atoms with van der Waals surface area (Å²) in [4.78, 5) is 15.2. The Hall–Kier alpha value is -0.390. The first kappa shape index (κ1) is 14.0. The van der Waals surface area contributed by atoms with Gasteiger partial charge in [0.2, 0.25) is 5.91 Å². The Labute approximate surface area is 121 Å². The molecular formula is C13H19BrN2OS. The van der Waals surface area contributed by atoms with Crippen molar-refractivity contribution in [1.29, 1.82) is 0 Å². The van der Waals surface area contributed by atoms with Gasteiger partial charge in [-0.05, 0) is 59.9 Å². The van der Waals surface area contributed by atoms with Crippen LogP contribution in [0.2, 0.25) is 0 Å². The Kier molecular flexibility index (Phi) is 5.21. The molecule has 1 atom stereocenters. The van der Waals surface area contributed by atoms with Crippen molar-refractivity contribution in [2.24, 2.45) is 5.92 Å². The molecule has 0 saturated carbocycles. The molecule has 0 spiro atoms. The van der Waals surface area contributed by atoms with Gasteiger partial charge in [-0.1, -0.05) is 0 Å². The molecule has 100 valence electrons. The van der Waals surface area contributed by atoms with E-state index in [1.165, 1.54) is 11.3 Å². The fourth-order valence-electron chi connectivity index (χ4n) is 2.27. The molecule has 1 N–H and O–H groups in total. The lowest BCUT2D eigenvalue weighted by Gasteiger charge is -2.20. The molecule has 1 aliphatic rings. The van der Waals surface area contributed by atoms with Gasteiger partial charge < -0.3 is 10.2 Å². The van der Waals surface area contributed by atoms with Gasteiger partial charge in [0.05, 0.1) is 3.79 Å². The van der Waals surface area contributed by atoms with E-state index in [4.69, 9.17) is 0 Å². The van der Waals surface area contributed by atoms with Crippen LogP contribution in [-0.4, -0.2) is 37.5 Å². The first-order chi connectivity index (χ1) is 8.65. The third-order valence-electron chi connectivity index (χ3n) is 3.33. The molecule has 1 saturated heterocycles. The fourth-order valence-corrected chi connectivity index (χ4v) is 3.75. The number of nitrogens with one attached hydrogen (secondary N) is 1. The van der Waals surface area contributed by atoms with Gasteiger partial charge in [-0.15, -0.1) is 11.3 Å². The Morgan fingerprint density at radius 1 is 1.61 bits per heavy atom. The van der Waals surface area contributed by atoms with Crippen molar-refractivity contribution >= 4 is 33.2 Å². The summed E-state index contributed by atoms with van der Waals surface area (Å²) in [5, 5.41) is 3.34. The maximum atomic E-state index is 12.0. The normalized spacial score (nSPS) is 19.1. The molecule has 1 amide bonds. The minimum Gasteiger partial charge on any atom is -0.345 e. The van der Waals surface area contributed by atoms with Crippen LogP contribution in [0, 0.1) is 5.92 Å². The number of rotatable bonds is 5. The van der Waals surface area contributed by atoms with Crippen molar-refractivity contribution in [1.82, 2.24) is 10.2 Å². The van der Waals surface area contributed by atoms with E-state index in [9.17, 15) is 4.79 Å². The van der Waals surface area contributed by atoms with Crippen LogP contribution in [0.3, 0.4) is 0 Å². The summed E-state index contributed by atoms with van der Waals surface area (Å²) in [5.41, 5.74) is 0. The highest BCUT2D eigenvalue weighted by molar-refractivity contribution is 9.11. The fraction of sp³-hybridized carbons (Fsp3) is 0.615. The Balaban J connectivity index is 1.73. The molecule has 1 unspecified atom stereocenters. The standard InChI is InChI=1S/C13H19BrN2OS/c1-16(9-10-6-7-15-8-10)13(17)5-3-11-2-4-12(14)18-11/h2,4,10,15H,3,5-9H2,1H3. The molecule has 5 heteroatoms. The van der Waals surface area contributed by atoms with Crippen LogP contribution >= 0.6 is 27.3 Å². The second-order valence-electron chi connectivity index (χ2n) is 4.84. The van der Waals surface area contributed by atoms with Crippen LogP contribution in [0.25, 0.3) is 0 Å². The van der Waals surface area contributed by atoms with Crippen LogP contribution in [0.15, 0.2) is 15.9 Å². The van der Waals surface area contributed by atoms with Gasteiger partial charge in [0.25, 0.3) is 0 Å². The van der Waals surface area contributed by atoms with Gasteiger partial charge in [-0.2, -0.15) is 0 Å². The molecule has 0 bridgehead atoms. The highest BCUT2D eigenvalue weighted by atomic mass is 79.9. The van der Waals surface area contributed by atoms with Crippen molar-refractivity contribution in [2.45, 2.75) is 19.3 Å². The van der Waals surface area contributed by atoms with Gasteiger partial charge in [0.1, 0.15) is 0 Å². The second-order valence-corrected chi connectivity index (χ2v) is 7.39. The molecule has 0 aromatic carbocycles. The zero-order valence-electron chi connectivity index (χ0n) is 10.6. The summed E-state index contributed by atoms with van der Waals surface area (Å²) in [6.45, 7) is 3.03. The van der Waals surface area contributed by atoms with Gasteiger partial charge in [0.15, 0.2) is 0 Å². The Bertz CT molecular complexity index is 401. The van der Waals surface area contributed by atoms with Gasteiger partial charge in [0, 0.05) is 24.9 Å². The zero-order valence-corrected chi connectivity index (χ0v) is 13.0. The third-order valence-corrected chi connectivity index (χ3v) is 5.02. The molecule has 3 nitrogen and oxygen atoms in total. The molecule has 1 aromatic heterocycles. The van der Waals surface area contributed by atoms with E-state index in [0.717, 1.165) is 29.8 Å². The summed E-state index contributed by atoms with van der Waals surface area (Å²) >= 11 is 5.15. The first-order valence-corrected chi connectivity index (χ1v) is 7.95. The van der Waals surface area contributed by atoms with Crippen LogP contribution in [0.5, 0.6) is 0 Å². The lowest BCUT2D eigenvalue weighted by atomic mass is 10.1.